The molecule has 144 valence electrons. The smallest absolute Gasteiger partial charge is 0.316 e. The number of hydrogen-bond donors (Lipinski definition) is 0. The van der Waals surface area contributed by atoms with Crippen LogP contribution in [0.4, 0.5) is 0 Å². The van der Waals surface area contributed by atoms with Crippen molar-refractivity contribution in [2.75, 3.05) is 13.1 Å². The van der Waals surface area contributed by atoms with Crippen molar-refractivity contribution < 1.29 is 14.1 Å². The van der Waals surface area contributed by atoms with Gasteiger partial charge in [0.2, 0.25) is 0 Å². The summed E-state index contributed by atoms with van der Waals surface area (Å²) in [5.41, 5.74) is 3.11. The Morgan fingerprint density at radius 2 is 1.79 bits per heavy atom. The van der Waals surface area contributed by atoms with Gasteiger partial charge in [-0.15, -0.1) is 0 Å². The van der Waals surface area contributed by atoms with Crippen LogP contribution in [0.25, 0.3) is 11.1 Å². The van der Waals surface area contributed by atoms with E-state index in [1.807, 2.05) is 17.0 Å². The lowest BCUT2D eigenvalue weighted by Gasteiger charge is -2.31. The molecule has 1 aliphatic heterocycles. The second-order valence-corrected chi connectivity index (χ2v) is 6.80. The predicted octanol–water partition coefficient (Wildman–Crippen LogP) is 2.83. The molecule has 0 saturated carbocycles. The monoisotopic (exact) mass is 379 g/mol. The third-order valence-corrected chi connectivity index (χ3v) is 4.89. The summed E-state index contributed by atoms with van der Waals surface area (Å²) in [7, 11) is 0. The minimum Gasteiger partial charge on any atom is -0.460 e. The van der Waals surface area contributed by atoms with E-state index >= 15 is 0 Å². The molecule has 0 N–H and O–H groups in total. The highest BCUT2D eigenvalue weighted by atomic mass is 16.5. The Morgan fingerprint density at radius 3 is 2.39 bits per heavy atom. The molecule has 4 heterocycles. The van der Waals surface area contributed by atoms with Gasteiger partial charge in [-0.1, -0.05) is 5.16 Å². The van der Waals surface area contributed by atoms with Crippen molar-refractivity contribution in [3.8, 4) is 17.1 Å². The van der Waals surface area contributed by atoms with Gasteiger partial charge in [0.25, 0.3) is 5.91 Å². The molecule has 0 bridgehead atoms. The molecule has 0 aromatic carbocycles. The summed E-state index contributed by atoms with van der Waals surface area (Å²) < 4.78 is 11.0. The van der Waals surface area contributed by atoms with Crippen LogP contribution in [0.2, 0.25) is 0 Å². The number of aryl methyl sites for hydroxylation is 2. The van der Waals surface area contributed by atoms with Crippen LogP contribution >= 0.6 is 0 Å². The molecule has 0 radical (unpaired) electrons. The van der Waals surface area contributed by atoms with E-state index in [0.29, 0.717) is 36.1 Å². The molecule has 1 fully saturated rings. The molecule has 3 aromatic rings. The van der Waals surface area contributed by atoms with Crippen molar-refractivity contribution in [3.05, 3.63) is 53.9 Å². The molecule has 8 heteroatoms. The van der Waals surface area contributed by atoms with Gasteiger partial charge < -0.3 is 14.2 Å². The number of piperidine rings is 1. The number of carbonyl (C=O) groups excluding carboxylic acids is 1. The molecule has 0 unspecified atom stereocenters. The lowest BCUT2D eigenvalue weighted by atomic mass is 10.1. The molecule has 1 aliphatic rings. The van der Waals surface area contributed by atoms with E-state index in [0.717, 1.165) is 24.0 Å². The molecule has 0 aliphatic carbocycles. The Labute approximate surface area is 162 Å². The standard InChI is InChI=1S/C20H21N5O3/c1-13-18(14(2)28-24-13)19(26)25-9-5-17(6-10-25)27-20-22-11-16(12-23-20)15-3-7-21-8-4-15/h3-4,7-8,11-12,17H,5-6,9-10H2,1-2H3. The van der Waals surface area contributed by atoms with Crippen molar-refractivity contribution in [2.24, 2.45) is 0 Å². The number of aromatic nitrogens is 4. The van der Waals surface area contributed by atoms with Crippen LogP contribution in [0.15, 0.2) is 41.4 Å². The topological polar surface area (TPSA) is 94.2 Å². The fraction of sp³-hybridized carbons (Fsp3) is 0.350. The zero-order chi connectivity index (χ0) is 19.5. The van der Waals surface area contributed by atoms with Gasteiger partial charge in [0.1, 0.15) is 17.4 Å². The summed E-state index contributed by atoms with van der Waals surface area (Å²) in [6, 6.07) is 4.17. The molecule has 1 amide bonds. The van der Waals surface area contributed by atoms with Crippen molar-refractivity contribution in [2.45, 2.75) is 32.8 Å². The molecule has 0 spiro atoms. The minimum absolute atomic E-state index is 0.0134. The van der Waals surface area contributed by atoms with Crippen LogP contribution in [-0.4, -0.2) is 50.1 Å². The van der Waals surface area contributed by atoms with Gasteiger partial charge in [0.05, 0.1) is 5.69 Å². The number of nitrogens with zero attached hydrogens (tertiary/aromatic N) is 5. The highest BCUT2D eigenvalue weighted by molar-refractivity contribution is 5.96. The third-order valence-electron chi connectivity index (χ3n) is 4.89. The van der Waals surface area contributed by atoms with Crippen molar-refractivity contribution in [1.82, 2.24) is 25.0 Å². The van der Waals surface area contributed by atoms with E-state index in [-0.39, 0.29) is 12.0 Å². The average Bonchev–Trinajstić information content (AvgIpc) is 3.07. The van der Waals surface area contributed by atoms with E-state index in [4.69, 9.17) is 9.26 Å². The summed E-state index contributed by atoms with van der Waals surface area (Å²) >= 11 is 0. The SMILES string of the molecule is Cc1noc(C)c1C(=O)N1CCC(Oc2ncc(-c3ccncc3)cn2)CC1. The summed E-state index contributed by atoms with van der Waals surface area (Å²) in [5, 5.41) is 3.86. The highest BCUT2D eigenvalue weighted by Crippen LogP contribution is 2.22. The van der Waals surface area contributed by atoms with Crippen LogP contribution < -0.4 is 4.74 Å². The van der Waals surface area contributed by atoms with Crippen LogP contribution in [0.1, 0.15) is 34.7 Å². The van der Waals surface area contributed by atoms with Crippen LogP contribution in [0.3, 0.4) is 0 Å². The lowest BCUT2D eigenvalue weighted by Crippen LogP contribution is -2.42. The van der Waals surface area contributed by atoms with Crippen LogP contribution in [0, 0.1) is 13.8 Å². The fourth-order valence-electron chi connectivity index (χ4n) is 3.34. The zero-order valence-electron chi connectivity index (χ0n) is 15.8. The second kappa shape index (κ2) is 7.75. The maximum atomic E-state index is 12.7. The summed E-state index contributed by atoms with van der Waals surface area (Å²) in [4.78, 5) is 27.1. The molecular weight excluding hydrogens is 358 g/mol. The molecule has 8 nitrogen and oxygen atoms in total. The maximum absolute atomic E-state index is 12.7. The molecular formula is C20H21N5O3. The zero-order valence-corrected chi connectivity index (χ0v) is 15.8. The number of likely N-dealkylation sites (tertiary alicyclic amines) is 1. The first kappa shape index (κ1) is 18.1. The molecule has 4 rings (SSSR count). The van der Waals surface area contributed by atoms with E-state index in [9.17, 15) is 4.79 Å². The van der Waals surface area contributed by atoms with E-state index in [1.165, 1.54) is 0 Å². The number of pyridine rings is 1. The Hall–Kier alpha value is -3.29. The molecule has 28 heavy (non-hydrogen) atoms. The largest absolute Gasteiger partial charge is 0.460 e. The molecule has 1 saturated heterocycles. The molecule has 3 aromatic heterocycles. The van der Waals surface area contributed by atoms with Crippen LogP contribution in [-0.2, 0) is 0 Å². The Morgan fingerprint density at radius 1 is 1.11 bits per heavy atom. The number of rotatable bonds is 4. The van der Waals surface area contributed by atoms with Crippen molar-refractivity contribution in [3.63, 3.8) is 0 Å². The summed E-state index contributed by atoms with van der Waals surface area (Å²) in [6.07, 6.45) is 8.39. The van der Waals surface area contributed by atoms with Crippen LogP contribution in [0.5, 0.6) is 6.01 Å². The van der Waals surface area contributed by atoms with Gasteiger partial charge in [-0.05, 0) is 31.5 Å². The first-order valence-electron chi connectivity index (χ1n) is 9.23. The average molecular weight is 379 g/mol. The van der Waals surface area contributed by atoms with E-state index in [1.54, 1.807) is 38.6 Å². The van der Waals surface area contributed by atoms with Gasteiger partial charge in [-0.2, -0.15) is 0 Å². The summed E-state index contributed by atoms with van der Waals surface area (Å²) in [5.74, 6) is 0.524. The van der Waals surface area contributed by atoms with Gasteiger partial charge in [0, 0.05) is 56.3 Å². The predicted molar refractivity (Wildman–Crippen MR) is 101 cm³/mol. The van der Waals surface area contributed by atoms with Gasteiger partial charge >= 0.3 is 6.01 Å². The Kier molecular flexibility index (Phi) is 5.01. The first-order chi connectivity index (χ1) is 13.6. The Bertz CT molecular complexity index is 928. The van der Waals surface area contributed by atoms with E-state index < -0.39 is 0 Å². The van der Waals surface area contributed by atoms with Gasteiger partial charge in [0.15, 0.2) is 0 Å². The lowest BCUT2D eigenvalue weighted by molar-refractivity contribution is 0.0576. The molecule has 0 atom stereocenters. The first-order valence-corrected chi connectivity index (χ1v) is 9.23. The number of amides is 1. The minimum atomic E-state index is -0.0346. The Balaban J connectivity index is 1.34. The van der Waals surface area contributed by atoms with Crippen molar-refractivity contribution in [1.29, 1.82) is 0 Å². The van der Waals surface area contributed by atoms with E-state index in [2.05, 4.69) is 20.1 Å². The summed E-state index contributed by atoms with van der Waals surface area (Å²) in [6.45, 7) is 4.77. The fourth-order valence-corrected chi connectivity index (χ4v) is 3.34. The maximum Gasteiger partial charge on any atom is 0.316 e. The second-order valence-electron chi connectivity index (χ2n) is 6.80. The number of ether oxygens (including phenoxy) is 1. The van der Waals surface area contributed by atoms with Gasteiger partial charge in [-0.25, -0.2) is 9.97 Å². The highest BCUT2D eigenvalue weighted by Gasteiger charge is 2.28. The van der Waals surface area contributed by atoms with Crippen molar-refractivity contribution >= 4 is 5.91 Å². The number of hydrogen-bond acceptors (Lipinski definition) is 7. The third kappa shape index (κ3) is 3.71. The normalized spacial score (nSPS) is 14.9. The number of carbonyl (C=O) groups is 1. The van der Waals surface area contributed by atoms with Gasteiger partial charge in [-0.3, -0.25) is 9.78 Å². The quantitative estimate of drug-likeness (QED) is 0.688.